The minimum atomic E-state index is -0.874. The molecule has 0 aliphatic heterocycles. The van der Waals surface area contributed by atoms with E-state index in [0.717, 1.165) is 10.1 Å². The highest BCUT2D eigenvalue weighted by Gasteiger charge is 2.22. The predicted molar refractivity (Wildman–Crippen MR) is 91.1 cm³/mol. The summed E-state index contributed by atoms with van der Waals surface area (Å²) in [5, 5.41) is -0.0455. The largest absolute Gasteiger partial charge is 0.479 e. The van der Waals surface area contributed by atoms with Gasteiger partial charge in [-0.3, -0.25) is 19.3 Å². The van der Waals surface area contributed by atoms with Crippen LogP contribution in [0.1, 0.15) is 31.0 Å². The Morgan fingerprint density at radius 1 is 1.28 bits per heavy atom. The topological polar surface area (TPSA) is 89.9 Å². The number of fused-ring (bicyclic) bond motifs is 1. The van der Waals surface area contributed by atoms with Crippen LogP contribution < -0.4 is 16.0 Å². The van der Waals surface area contributed by atoms with E-state index >= 15 is 0 Å². The summed E-state index contributed by atoms with van der Waals surface area (Å²) in [5.41, 5.74) is 0.144. The van der Waals surface area contributed by atoms with E-state index in [1.54, 1.807) is 19.2 Å². The third-order valence-corrected chi connectivity index (χ3v) is 3.97. The van der Waals surface area contributed by atoms with Gasteiger partial charge in [-0.1, -0.05) is 13.8 Å². The number of aromatic nitrogens is 4. The van der Waals surface area contributed by atoms with Crippen molar-refractivity contribution in [3.8, 4) is 11.6 Å². The maximum absolute atomic E-state index is 14.9. The van der Waals surface area contributed by atoms with Crippen molar-refractivity contribution in [2.24, 2.45) is 0 Å². The van der Waals surface area contributed by atoms with Crippen LogP contribution in [0.25, 0.3) is 16.6 Å². The number of methoxy groups -OCH3 is 1. The van der Waals surface area contributed by atoms with E-state index in [-0.39, 0.29) is 22.7 Å². The van der Waals surface area contributed by atoms with Crippen molar-refractivity contribution in [1.82, 2.24) is 19.5 Å². The minimum absolute atomic E-state index is 0.0180. The van der Waals surface area contributed by atoms with Crippen molar-refractivity contribution in [3.63, 3.8) is 0 Å². The second-order valence-corrected chi connectivity index (χ2v) is 5.95. The Kier molecular flexibility index (Phi) is 4.12. The molecule has 8 heteroatoms. The lowest BCUT2D eigenvalue weighted by atomic mass is 10.0. The monoisotopic (exact) mass is 344 g/mol. The molecule has 0 radical (unpaired) electrons. The van der Waals surface area contributed by atoms with Gasteiger partial charge >= 0.3 is 5.69 Å². The molecule has 3 aromatic heterocycles. The van der Waals surface area contributed by atoms with E-state index in [1.807, 2.05) is 13.8 Å². The van der Waals surface area contributed by atoms with Gasteiger partial charge in [-0.25, -0.2) is 9.78 Å². The highest BCUT2D eigenvalue weighted by atomic mass is 19.1. The molecule has 7 nitrogen and oxygen atoms in total. The Labute approximate surface area is 142 Å². The third kappa shape index (κ3) is 2.59. The molecule has 1 N–H and O–H groups in total. The number of halogens is 1. The number of ether oxygens (including phenoxy) is 1. The van der Waals surface area contributed by atoms with E-state index in [4.69, 9.17) is 4.74 Å². The van der Waals surface area contributed by atoms with Crippen LogP contribution in [0.15, 0.2) is 28.0 Å². The molecule has 0 saturated carbocycles. The van der Waals surface area contributed by atoms with Gasteiger partial charge < -0.3 is 4.74 Å². The second kappa shape index (κ2) is 6.12. The van der Waals surface area contributed by atoms with Crippen molar-refractivity contribution in [2.45, 2.75) is 26.7 Å². The highest BCUT2D eigenvalue weighted by Crippen LogP contribution is 2.28. The first-order valence-corrected chi connectivity index (χ1v) is 7.70. The minimum Gasteiger partial charge on any atom is -0.479 e. The number of H-pyrrole nitrogens is 1. The molecule has 0 bridgehead atoms. The van der Waals surface area contributed by atoms with Crippen LogP contribution in [0.4, 0.5) is 4.39 Å². The molecule has 3 aromatic rings. The number of pyridine rings is 2. The van der Waals surface area contributed by atoms with Gasteiger partial charge in [-0.05, 0) is 24.5 Å². The number of rotatable bonds is 3. The molecule has 0 saturated heterocycles. The van der Waals surface area contributed by atoms with Gasteiger partial charge in [0.1, 0.15) is 5.52 Å². The maximum atomic E-state index is 14.9. The average Bonchev–Trinajstić information content (AvgIpc) is 2.56. The highest BCUT2D eigenvalue weighted by molar-refractivity contribution is 5.81. The second-order valence-electron chi connectivity index (χ2n) is 5.95. The Morgan fingerprint density at radius 3 is 2.64 bits per heavy atom. The zero-order valence-electron chi connectivity index (χ0n) is 14.3. The van der Waals surface area contributed by atoms with Crippen LogP contribution in [-0.4, -0.2) is 26.6 Å². The Bertz CT molecular complexity index is 1090. The van der Waals surface area contributed by atoms with E-state index in [9.17, 15) is 14.0 Å². The molecule has 0 atom stereocenters. The molecule has 130 valence electrons. The fraction of sp³-hybridized carbons (Fsp3) is 0.294. The third-order valence-electron chi connectivity index (χ3n) is 3.97. The van der Waals surface area contributed by atoms with Crippen LogP contribution in [0.3, 0.4) is 0 Å². The summed E-state index contributed by atoms with van der Waals surface area (Å²) in [5.74, 6) is -1.18. The molecular weight excluding hydrogens is 327 g/mol. The van der Waals surface area contributed by atoms with Crippen molar-refractivity contribution in [1.29, 1.82) is 0 Å². The summed E-state index contributed by atoms with van der Waals surface area (Å²) in [6.45, 7) is 5.63. The normalized spacial score (nSPS) is 11.3. The molecule has 0 aromatic carbocycles. The number of hydrogen-bond acceptors (Lipinski definition) is 5. The van der Waals surface area contributed by atoms with Crippen molar-refractivity contribution < 1.29 is 9.13 Å². The standard InChI is InChI=1S/C17H17FN4O3/c1-8(2)12-13(9(3)5-6-19-12)22-14-10(15(23)21-17(22)24)7-20-16(25-4)11(14)18/h5-8H,1-4H3,(H,21,23,24). The number of nitrogens with one attached hydrogen (secondary N) is 1. The summed E-state index contributed by atoms with van der Waals surface area (Å²) in [6, 6.07) is 1.72. The van der Waals surface area contributed by atoms with Crippen molar-refractivity contribution in [2.75, 3.05) is 7.11 Å². The first kappa shape index (κ1) is 16.8. The summed E-state index contributed by atoms with van der Waals surface area (Å²) in [4.78, 5) is 35.0. The number of nitrogens with zero attached hydrogens (tertiary/aromatic N) is 3. The fourth-order valence-corrected chi connectivity index (χ4v) is 2.81. The van der Waals surface area contributed by atoms with E-state index < -0.39 is 17.1 Å². The van der Waals surface area contributed by atoms with E-state index in [0.29, 0.717) is 11.4 Å². The molecule has 3 rings (SSSR count). The van der Waals surface area contributed by atoms with Gasteiger partial charge in [0.05, 0.1) is 23.9 Å². The Hall–Kier alpha value is -3.03. The first-order valence-electron chi connectivity index (χ1n) is 7.70. The molecule has 25 heavy (non-hydrogen) atoms. The molecule has 0 amide bonds. The van der Waals surface area contributed by atoms with E-state index in [2.05, 4.69) is 15.0 Å². The SMILES string of the molecule is COc1ncc2c(=O)[nH]c(=O)n(-c3c(C)ccnc3C(C)C)c2c1F. The lowest BCUT2D eigenvalue weighted by molar-refractivity contribution is 0.371. The van der Waals surface area contributed by atoms with Gasteiger partial charge in [-0.15, -0.1) is 0 Å². The lowest BCUT2D eigenvalue weighted by Gasteiger charge is -2.18. The number of aryl methyl sites for hydroxylation is 1. The van der Waals surface area contributed by atoms with E-state index in [1.165, 1.54) is 13.3 Å². The van der Waals surface area contributed by atoms with Crippen molar-refractivity contribution >= 4 is 10.9 Å². The molecule has 3 heterocycles. The maximum Gasteiger partial charge on any atom is 0.333 e. The smallest absolute Gasteiger partial charge is 0.333 e. The van der Waals surface area contributed by atoms with Crippen LogP contribution in [0.5, 0.6) is 5.88 Å². The van der Waals surface area contributed by atoms with Crippen molar-refractivity contribution in [3.05, 3.63) is 56.4 Å². The molecule has 0 unspecified atom stereocenters. The number of aromatic amines is 1. The summed E-state index contributed by atoms with van der Waals surface area (Å²) >= 11 is 0. The predicted octanol–water partition coefficient (Wildman–Crippen LogP) is 2.05. The molecule has 0 spiro atoms. The number of hydrogen-bond donors (Lipinski definition) is 1. The summed E-state index contributed by atoms with van der Waals surface area (Å²) in [6.07, 6.45) is 2.82. The van der Waals surface area contributed by atoms with Crippen LogP contribution >= 0.6 is 0 Å². The van der Waals surface area contributed by atoms with Gasteiger partial charge in [0, 0.05) is 12.4 Å². The molecule has 0 fully saturated rings. The summed E-state index contributed by atoms with van der Waals surface area (Å²) < 4.78 is 21.0. The lowest BCUT2D eigenvalue weighted by Crippen LogP contribution is -2.31. The molecule has 0 aliphatic carbocycles. The fourth-order valence-electron chi connectivity index (χ4n) is 2.81. The zero-order valence-corrected chi connectivity index (χ0v) is 14.3. The quantitative estimate of drug-likeness (QED) is 0.785. The zero-order chi connectivity index (χ0) is 18.3. The Morgan fingerprint density at radius 2 is 2.00 bits per heavy atom. The van der Waals surface area contributed by atoms with Gasteiger partial charge in [0.25, 0.3) is 11.4 Å². The molecular formula is C17H17FN4O3. The van der Waals surface area contributed by atoms with Crippen LogP contribution in [0, 0.1) is 12.7 Å². The van der Waals surface area contributed by atoms with Gasteiger partial charge in [-0.2, -0.15) is 4.39 Å². The average molecular weight is 344 g/mol. The van der Waals surface area contributed by atoms with Crippen LogP contribution in [0.2, 0.25) is 0 Å². The molecule has 0 aliphatic rings. The van der Waals surface area contributed by atoms with Gasteiger partial charge in [0.2, 0.25) is 5.82 Å². The van der Waals surface area contributed by atoms with Gasteiger partial charge in [0.15, 0.2) is 0 Å². The van der Waals surface area contributed by atoms with Crippen LogP contribution in [-0.2, 0) is 0 Å². The Balaban J connectivity index is 2.59. The first-order chi connectivity index (χ1) is 11.9. The summed E-state index contributed by atoms with van der Waals surface area (Å²) in [7, 11) is 1.27.